The van der Waals surface area contributed by atoms with Gasteiger partial charge in [0.2, 0.25) is 0 Å². The number of hydrogen-bond acceptors (Lipinski definition) is 3. The van der Waals surface area contributed by atoms with E-state index in [4.69, 9.17) is 4.74 Å². The average Bonchev–Trinajstić information content (AvgIpc) is 2.88. The van der Waals surface area contributed by atoms with Gasteiger partial charge in [-0.25, -0.2) is 4.79 Å². The molecule has 3 aromatic rings. The van der Waals surface area contributed by atoms with E-state index in [2.05, 4.69) is 10.6 Å². The predicted octanol–water partition coefficient (Wildman–Crippen LogP) is 5.04. The number of piperidine rings is 1. The average molecular weight is 444 g/mol. The molecule has 1 fully saturated rings. The number of nitrogens with one attached hydrogen (secondary N) is 2. The highest BCUT2D eigenvalue weighted by atomic mass is 16.5. The maximum absolute atomic E-state index is 12.8. The Balaban J connectivity index is 1.38. The number of methoxy groups -OCH3 is 1. The number of hydrogen-bond donors (Lipinski definition) is 2. The van der Waals surface area contributed by atoms with Gasteiger partial charge in [0, 0.05) is 36.8 Å². The number of nitrogens with zero attached hydrogens (tertiary/aromatic N) is 1. The van der Waals surface area contributed by atoms with E-state index in [1.807, 2.05) is 83.8 Å². The molecule has 1 atom stereocenters. The maximum Gasteiger partial charge on any atom is 0.321 e. The Bertz CT molecular complexity index is 1100. The van der Waals surface area contributed by atoms with Crippen molar-refractivity contribution in [3.05, 3.63) is 95.6 Å². The number of anilines is 1. The first-order chi connectivity index (χ1) is 16.1. The molecule has 1 aliphatic rings. The van der Waals surface area contributed by atoms with Crippen LogP contribution in [0.3, 0.4) is 0 Å². The van der Waals surface area contributed by atoms with Crippen molar-refractivity contribution >= 4 is 17.6 Å². The molecule has 0 radical (unpaired) electrons. The zero-order valence-electron chi connectivity index (χ0n) is 18.8. The standard InChI is InChI=1S/C27H29N3O3/c1-33-25-14-5-8-20(16-25)18-28-26(31)22-10-6-9-21(17-22)23-11-7-15-30(19-23)27(32)29-24-12-3-2-4-13-24/h2-6,8-10,12-14,16-17,23H,7,11,15,18-19H2,1H3,(H,28,31)(H,29,32)/t23-/m0/s1. The molecule has 1 aliphatic heterocycles. The van der Waals surface area contributed by atoms with Crippen molar-refractivity contribution < 1.29 is 14.3 Å². The van der Waals surface area contributed by atoms with Crippen LogP contribution in [0, 0.1) is 0 Å². The molecule has 3 amide bonds. The molecule has 1 saturated heterocycles. The first kappa shape index (κ1) is 22.4. The van der Waals surface area contributed by atoms with Crippen molar-refractivity contribution in [1.82, 2.24) is 10.2 Å². The highest BCUT2D eigenvalue weighted by Gasteiger charge is 2.25. The molecule has 0 spiro atoms. The van der Waals surface area contributed by atoms with Crippen LogP contribution in [-0.2, 0) is 6.54 Å². The van der Waals surface area contributed by atoms with E-state index in [1.54, 1.807) is 7.11 Å². The van der Waals surface area contributed by atoms with Crippen molar-refractivity contribution in [2.75, 3.05) is 25.5 Å². The quantitative estimate of drug-likeness (QED) is 0.561. The first-order valence-electron chi connectivity index (χ1n) is 11.2. The first-order valence-corrected chi connectivity index (χ1v) is 11.2. The van der Waals surface area contributed by atoms with Gasteiger partial charge in [-0.1, -0.05) is 42.5 Å². The highest BCUT2D eigenvalue weighted by Crippen LogP contribution is 2.28. The molecule has 0 bridgehead atoms. The predicted molar refractivity (Wildman–Crippen MR) is 130 cm³/mol. The van der Waals surface area contributed by atoms with Gasteiger partial charge in [0.25, 0.3) is 5.91 Å². The lowest BCUT2D eigenvalue weighted by Crippen LogP contribution is -2.41. The van der Waals surface area contributed by atoms with Crippen LogP contribution in [0.25, 0.3) is 0 Å². The molecular formula is C27H29N3O3. The Morgan fingerprint density at radius 2 is 1.82 bits per heavy atom. The lowest BCUT2D eigenvalue weighted by molar-refractivity contribution is 0.0950. The fraction of sp³-hybridized carbons (Fsp3) is 0.259. The minimum absolute atomic E-state index is 0.0851. The molecule has 4 rings (SSSR count). The van der Waals surface area contributed by atoms with E-state index in [0.717, 1.165) is 42.0 Å². The van der Waals surface area contributed by atoms with Gasteiger partial charge in [-0.05, 0) is 60.4 Å². The van der Waals surface area contributed by atoms with Gasteiger partial charge < -0.3 is 20.3 Å². The molecular weight excluding hydrogens is 414 g/mol. The van der Waals surface area contributed by atoms with E-state index < -0.39 is 0 Å². The molecule has 0 aromatic heterocycles. The van der Waals surface area contributed by atoms with E-state index in [1.165, 1.54) is 0 Å². The fourth-order valence-corrected chi connectivity index (χ4v) is 4.16. The summed E-state index contributed by atoms with van der Waals surface area (Å²) in [6.07, 6.45) is 1.92. The summed E-state index contributed by atoms with van der Waals surface area (Å²) in [6.45, 7) is 1.79. The summed E-state index contributed by atoms with van der Waals surface area (Å²) < 4.78 is 5.24. The van der Waals surface area contributed by atoms with Gasteiger partial charge in [0.15, 0.2) is 0 Å². The lowest BCUT2D eigenvalue weighted by atomic mass is 9.89. The van der Waals surface area contributed by atoms with Gasteiger partial charge in [-0.15, -0.1) is 0 Å². The van der Waals surface area contributed by atoms with Crippen LogP contribution in [0.1, 0.15) is 40.2 Å². The number of urea groups is 1. The molecule has 6 nitrogen and oxygen atoms in total. The van der Waals surface area contributed by atoms with Gasteiger partial charge in [-0.2, -0.15) is 0 Å². The normalized spacial score (nSPS) is 15.5. The van der Waals surface area contributed by atoms with Crippen LogP contribution in [0.15, 0.2) is 78.9 Å². The maximum atomic E-state index is 12.8. The van der Waals surface area contributed by atoms with E-state index in [-0.39, 0.29) is 17.9 Å². The minimum atomic E-state index is -0.117. The molecule has 33 heavy (non-hydrogen) atoms. The van der Waals surface area contributed by atoms with E-state index in [9.17, 15) is 9.59 Å². The van der Waals surface area contributed by atoms with Crippen LogP contribution in [0.4, 0.5) is 10.5 Å². The largest absolute Gasteiger partial charge is 0.497 e. The number of para-hydroxylation sites is 1. The van der Waals surface area contributed by atoms with Crippen LogP contribution < -0.4 is 15.4 Å². The van der Waals surface area contributed by atoms with Gasteiger partial charge in [0.1, 0.15) is 5.75 Å². The molecule has 6 heteroatoms. The number of benzene rings is 3. The molecule has 3 aromatic carbocycles. The fourth-order valence-electron chi connectivity index (χ4n) is 4.16. The van der Waals surface area contributed by atoms with Gasteiger partial charge in [0.05, 0.1) is 7.11 Å². The number of likely N-dealkylation sites (tertiary alicyclic amines) is 1. The van der Waals surface area contributed by atoms with Gasteiger partial charge >= 0.3 is 6.03 Å². The Morgan fingerprint density at radius 1 is 1.00 bits per heavy atom. The van der Waals surface area contributed by atoms with Crippen LogP contribution >= 0.6 is 0 Å². The Hall–Kier alpha value is -3.80. The minimum Gasteiger partial charge on any atom is -0.497 e. The second-order valence-electron chi connectivity index (χ2n) is 8.24. The third-order valence-corrected chi connectivity index (χ3v) is 5.94. The summed E-state index contributed by atoms with van der Waals surface area (Å²) in [5.74, 6) is 0.850. The summed E-state index contributed by atoms with van der Waals surface area (Å²) in [4.78, 5) is 27.4. The Kier molecular flexibility index (Phi) is 7.25. The number of carbonyl (C=O) groups is 2. The molecule has 2 N–H and O–H groups in total. The monoisotopic (exact) mass is 443 g/mol. The second kappa shape index (κ2) is 10.7. The molecule has 1 heterocycles. The topological polar surface area (TPSA) is 70.7 Å². The number of amides is 3. The number of carbonyl (C=O) groups excluding carboxylic acids is 2. The lowest BCUT2D eigenvalue weighted by Gasteiger charge is -2.33. The molecule has 0 aliphatic carbocycles. The van der Waals surface area contributed by atoms with Crippen molar-refractivity contribution in [1.29, 1.82) is 0 Å². The number of ether oxygens (including phenoxy) is 1. The van der Waals surface area contributed by atoms with Crippen LogP contribution in [-0.4, -0.2) is 37.0 Å². The third-order valence-electron chi connectivity index (χ3n) is 5.94. The zero-order valence-corrected chi connectivity index (χ0v) is 18.8. The molecule has 0 unspecified atom stereocenters. The summed E-state index contributed by atoms with van der Waals surface area (Å²) in [5, 5.41) is 5.95. The molecule has 0 saturated carbocycles. The van der Waals surface area contributed by atoms with Crippen LogP contribution in [0.5, 0.6) is 5.75 Å². The van der Waals surface area contributed by atoms with Crippen molar-refractivity contribution in [2.45, 2.75) is 25.3 Å². The van der Waals surface area contributed by atoms with Crippen molar-refractivity contribution in [2.24, 2.45) is 0 Å². The van der Waals surface area contributed by atoms with Gasteiger partial charge in [-0.3, -0.25) is 4.79 Å². The van der Waals surface area contributed by atoms with Crippen molar-refractivity contribution in [3.8, 4) is 5.75 Å². The van der Waals surface area contributed by atoms with E-state index >= 15 is 0 Å². The molecule has 170 valence electrons. The second-order valence-corrected chi connectivity index (χ2v) is 8.24. The smallest absolute Gasteiger partial charge is 0.321 e. The number of rotatable bonds is 6. The Morgan fingerprint density at radius 3 is 2.64 bits per heavy atom. The summed E-state index contributed by atoms with van der Waals surface area (Å²) in [6, 6.07) is 24.8. The summed E-state index contributed by atoms with van der Waals surface area (Å²) in [5.41, 5.74) is 3.48. The SMILES string of the molecule is COc1cccc(CNC(=O)c2cccc([C@H]3CCCN(C(=O)Nc4ccccc4)C3)c2)c1. The summed E-state index contributed by atoms with van der Waals surface area (Å²) in [7, 11) is 1.63. The summed E-state index contributed by atoms with van der Waals surface area (Å²) >= 11 is 0. The third kappa shape index (κ3) is 5.92. The van der Waals surface area contributed by atoms with E-state index in [0.29, 0.717) is 18.7 Å². The zero-order chi connectivity index (χ0) is 23.0. The van der Waals surface area contributed by atoms with Crippen LogP contribution in [0.2, 0.25) is 0 Å². The Labute approximate surface area is 194 Å². The van der Waals surface area contributed by atoms with Crippen molar-refractivity contribution in [3.63, 3.8) is 0 Å². The highest BCUT2D eigenvalue weighted by molar-refractivity contribution is 5.94.